The highest BCUT2D eigenvalue weighted by Crippen LogP contribution is 2.35. The van der Waals surface area contributed by atoms with Gasteiger partial charge in [0.05, 0.1) is 18.5 Å². The number of hydrogen-bond donors (Lipinski definition) is 1. The Morgan fingerprint density at radius 2 is 2.19 bits per heavy atom. The summed E-state index contributed by atoms with van der Waals surface area (Å²) in [4.78, 5) is 14.1. The van der Waals surface area contributed by atoms with Gasteiger partial charge >= 0.3 is 0 Å². The van der Waals surface area contributed by atoms with Gasteiger partial charge in [0.2, 0.25) is 5.91 Å². The van der Waals surface area contributed by atoms with E-state index in [0.29, 0.717) is 12.3 Å². The van der Waals surface area contributed by atoms with Crippen molar-refractivity contribution >= 4 is 16.9 Å². The molecule has 1 aliphatic heterocycles. The molecule has 0 spiro atoms. The van der Waals surface area contributed by atoms with Crippen LogP contribution < -0.4 is 5.32 Å². The first-order valence-electron chi connectivity index (χ1n) is 9.03. The zero-order valence-corrected chi connectivity index (χ0v) is 15.2. The minimum absolute atomic E-state index is 0.0776. The third kappa shape index (κ3) is 3.24. The summed E-state index contributed by atoms with van der Waals surface area (Å²) >= 11 is 0. The van der Waals surface area contributed by atoms with Crippen molar-refractivity contribution in [3.8, 4) is 0 Å². The standard InChI is InChI=1S/C20H24N4O2/c1-23-13-17(12-22-23)20-16(4-6-19(25)24(20)2)11-21-10-14-3-5-18-15(9-14)7-8-26-18/h3,5,7-9,12-13,16,20-21H,4,6,10-11H2,1-2H3/t16-,20+/m1/s1. The molecule has 1 fully saturated rings. The number of hydrogen-bond acceptors (Lipinski definition) is 4. The monoisotopic (exact) mass is 352 g/mol. The number of benzene rings is 1. The number of aromatic nitrogens is 2. The molecule has 6 nitrogen and oxygen atoms in total. The minimum Gasteiger partial charge on any atom is -0.464 e. The second-order valence-corrected chi connectivity index (χ2v) is 7.12. The molecule has 3 aromatic rings. The van der Waals surface area contributed by atoms with Gasteiger partial charge in [-0.1, -0.05) is 6.07 Å². The van der Waals surface area contributed by atoms with E-state index in [-0.39, 0.29) is 11.9 Å². The fraction of sp³-hybridized carbons (Fsp3) is 0.400. The maximum absolute atomic E-state index is 12.2. The van der Waals surface area contributed by atoms with Crippen molar-refractivity contribution in [2.45, 2.75) is 25.4 Å². The van der Waals surface area contributed by atoms with Crippen LogP contribution in [0, 0.1) is 5.92 Å². The summed E-state index contributed by atoms with van der Waals surface area (Å²) in [7, 11) is 3.81. The average molecular weight is 352 g/mol. The first-order valence-corrected chi connectivity index (χ1v) is 9.03. The Morgan fingerprint density at radius 3 is 3.00 bits per heavy atom. The summed E-state index contributed by atoms with van der Waals surface area (Å²) < 4.78 is 7.19. The Morgan fingerprint density at radius 1 is 1.31 bits per heavy atom. The third-order valence-electron chi connectivity index (χ3n) is 5.30. The Hall–Kier alpha value is -2.60. The van der Waals surface area contributed by atoms with E-state index in [9.17, 15) is 4.79 Å². The van der Waals surface area contributed by atoms with Crippen LogP contribution in [-0.2, 0) is 18.4 Å². The number of nitrogens with zero attached hydrogens (tertiary/aromatic N) is 3. The summed E-state index contributed by atoms with van der Waals surface area (Å²) in [5.74, 6) is 0.583. The molecule has 136 valence electrons. The van der Waals surface area contributed by atoms with E-state index < -0.39 is 0 Å². The lowest BCUT2D eigenvalue weighted by atomic mass is 9.85. The highest BCUT2D eigenvalue weighted by molar-refractivity contribution is 5.78. The van der Waals surface area contributed by atoms with E-state index in [1.54, 1.807) is 10.9 Å². The van der Waals surface area contributed by atoms with Crippen LogP contribution in [0.2, 0.25) is 0 Å². The third-order valence-corrected chi connectivity index (χ3v) is 5.30. The summed E-state index contributed by atoms with van der Waals surface area (Å²) in [5.41, 5.74) is 3.25. The quantitative estimate of drug-likeness (QED) is 0.767. The number of piperidine rings is 1. The van der Waals surface area contributed by atoms with Crippen molar-refractivity contribution in [1.29, 1.82) is 0 Å². The van der Waals surface area contributed by atoms with Crippen molar-refractivity contribution < 1.29 is 9.21 Å². The molecule has 4 rings (SSSR count). The minimum atomic E-state index is 0.0776. The first-order chi connectivity index (χ1) is 12.6. The largest absolute Gasteiger partial charge is 0.464 e. The lowest BCUT2D eigenvalue weighted by Gasteiger charge is -2.38. The van der Waals surface area contributed by atoms with Crippen LogP contribution in [0.5, 0.6) is 0 Å². The Balaban J connectivity index is 1.44. The predicted octanol–water partition coefficient (Wildman–Crippen LogP) is 2.87. The molecule has 1 saturated heterocycles. The van der Waals surface area contributed by atoms with Crippen molar-refractivity contribution in [3.63, 3.8) is 0 Å². The molecule has 0 bridgehead atoms. The smallest absolute Gasteiger partial charge is 0.222 e. The molecule has 0 aliphatic carbocycles. The number of likely N-dealkylation sites (tertiary alicyclic amines) is 1. The Bertz CT molecular complexity index is 913. The number of nitrogens with one attached hydrogen (secondary N) is 1. The van der Waals surface area contributed by atoms with Gasteiger partial charge in [-0.3, -0.25) is 9.48 Å². The lowest BCUT2D eigenvalue weighted by Crippen LogP contribution is -2.43. The van der Waals surface area contributed by atoms with Gasteiger partial charge in [-0.15, -0.1) is 0 Å². The van der Waals surface area contributed by atoms with Gasteiger partial charge < -0.3 is 14.6 Å². The second-order valence-electron chi connectivity index (χ2n) is 7.12. The molecule has 1 amide bonds. The molecule has 1 aromatic carbocycles. The second kappa shape index (κ2) is 6.96. The predicted molar refractivity (Wildman–Crippen MR) is 99.4 cm³/mol. The van der Waals surface area contributed by atoms with Gasteiger partial charge in [0, 0.05) is 50.8 Å². The van der Waals surface area contributed by atoms with Gasteiger partial charge in [-0.05, 0) is 36.1 Å². The van der Waals surface area contributed by atoms with E-state index >= 15 is 0 Å². The Kier molecular flexibility index (Phi) is 4.51. The zero-order valence-electron chi connectivity index (χ0n) is 15.2. The van der Waals surface area contributed by atoms with Gasteiger partial charge in [0.15, 0.2) is 0 Å². The summed E-state index contributed by atoms with van der Waals surface area (Å²) in [5, 5.41) is 8.99. The maximum atomic E-state index is 12.2. The van der Waals surface area contributed by atoms with E-state index in [1.807, 2.05) is 43.5 Å². The lowest BCUT2D eigenvalue weighted by molar-refractivity contribution is -0.137. The summed E-state index contributed by atoms with van der Waals surface area (Å²) in [6.45, 7) is 1.66. The van der Waals surface area contributed by atoms with Crippen LogP contribution >= 0.6 is 0 Å². The fourth-order valence-electron chi connectivity index (χ4n) is 3.94. The normalized spacial score (nSPS) is 20.8. The first kappa shape index (κ1) is 16.8. The number of furan rings is 1. The molecule has 1 N–H and O–H groups in total. The molecule has 3 heterocycles. The summed E-state index contributed by atoms with van der Waals surface area (Å²) in [6, 6.07) is 8.32. The molecule has 1 aliphatic rings. The van der Waals surface area contributed by atoms with E-state index in [2.05, 4.69) is 22.5 Å². The van der Waals surface area contributed by atoms with Gasteiger partial charge in [0.1, 0.15) is 5.58 Å². The number of aryl methyl sites for hydroxylation is 1. The molecular weight excluding hydrogens is 328 g/mol. The molecule has 26 heavy (non-hydrogen) atoms. The van der Waals surface area contributed by atoms with Crippen molar-refractivity contribution in [3.05, 3.63) is 54.0 Å². The highest BCUT2D eigenvalue weighted by Gasteiger charge is 2.35. The van der Waals surface area contributed by atoms with Crippen molar-refractivity contribution in [2.75, 3.05) is 13.6 Å². The van der Waals surface area contributed by atoms with Crippen molar-refractivity contribution in [1.82, 2.24) is 20.0 Å². The number of amides is 1. The number of carbonyl (C=O) groups is 1. The van der Waals surface area contributed by atoms with Crippen LogP contribution in [0.15, 0.2) is 47.3 Å². The van der Waals surface area contributed by atoms with E-state index in [4.69, 9.17) is 4.42 Å². The van der Waals surface area contributed by atoms with Crippen LogP contribution in [0.1, 0.15) is 30.0 Å². The molecule has 0 unspecified atom stereocenters. The van der Waals surface area contributed by atoms with Crippen LogP contribution in [0.4, 0.5) is 0 Å². The SMILES string of the molecule is CN1C(=O)CC[C@H](CNCc2ccc3occc3c2)[C@H]1c1cnn(C)c1. The van der Waals surface area contributed by atoms with Crippen LogP contribution in [0.25, 0.3) is 11.0 Å². The molecule has 0 radical (unpaired) electrons. The van der Waals surface area contributed by atoms with Crippen LogP contribution in [0.3, 0.4) is 0 Å². The number of fused-ring (bicyclic) bond motifs is 1. The van der Waals surface area contributed by atoms with Crippen LogP contribution in [-0.4, -0.2) is 34.2 Å². The van der Waals surface area contributed by atoms with Gasteiger partial charge in [0.25, 0.3) is 0 Å². The van der Waals surface area contributed by atoms with Gasteiger partial charge in [-0.25, -0.2) is 0 Å². The number of rotatable bonds is 5. The zero-order chi connectivity index (χ0) is 18.1. The molecule has 0 saturated carbocycles. The maximum Gasteiger partial charge on any atom is 0.222 e. The molecule has 6 heteroatoms. The topological polar surface area (TPSA) is 63.3 Å². The number of carbonyl (C=O) groups excluding carboxylic acids is 1. The molecule has 2 aromatic heterocycles. The average Bonchev–Trinajstić information content (AvgIpc) is 3.26. The van der Waals surface area contributed by atoms with Crippen molar-refractivity contribution in [2.24, 2.45) is 13.0 Å². The van der Waals surface area contributed by atoms with E-state index in [1.165, 1.54) is 5.56 Å². The highest BCUT2D eigenvalue weighted by atomic mass is 16.3. The Labute approximate surface area is 152 Å². The fourth-order valence-corrected chi connectivity index (χ4v) is 3.94. The molecule has 2 atom stereocenters. The summed E-state index contributed by atoms with van der Waals surface area (Å²) in [6.07, 6.45) is 7.12. The van der Waals surface area contributed by atoms with Gasteiger partial charge in [-0.2, -0.15) is 5.10 Å². The molecular formula is C20H24N4O2. The van der Waals surface area contributed by atoms with E-state index in [0.717, 1.165) is 36.0 Å².